The average Bonchev–Trinajstić information content (AvgIpc) is 2.04. The molecule has 0 bridgehead atoms. The molecule has 0 spiro atoms. The third kappa shape index (κ3) is 8.27. The van der Waals surface area contributed by atoms with E-state index in [9.17, 15) is 0 Å². The molecule has 74 valence electrons. The van der Waals surface area contributed by atoms with Crippen LogP contribution in [0.4, 0.5) is 0 Å². The molecule has 0 rings (SSSR count). The normalized spacial score (nSPS) is 9.08. The highest BCUT2D eigenvalue weighted by molar-refractivity contribution is 8.04. The molecule has 6 heteroatoms. The van der Waals surface area contributed by atoms with Crippen LogP contribution in [0, 0.1) is 21.3 Å². The van der Waals surface area contributed by atoms with Gasteiger partial charge in [-0.2, -0.15) is 10.5 Å². The van der Waals surface area contributed by atoms with Crippen LogP contribution in [0.3, 0.4) is 0 Å². The summed E-state index contributed by atoms with van der Waals surface area (Å²) in [6, 6.07) is 0.305. The molecule has 0 aliphatic carbocycles. The van der Waals surface area contributed by atoms with E-state index in [1.165, 1.54) is 23.5 Å². The van der Waals surface area contributed by atoms with Crippen molar-refractivity contribution in [3.05, 3.63) is 0 Å². The van der Waals surface area contributed by atoms with Crippen LogP contribution in [0.15, 0.2) is 0 Å². The van der Waals surface area contributed by atoms with Gasteiger partial charge in [0.1, 0.15) is 10.8 Å². The first-order chi connectivity index (χ1) is 5.72. The Bertz CT molecular complexity index is 179. The molecule has 0 fully saturated rings. The molecule has 3 nitrogen and oxygen atoms in total. The van der Waals surface area contributed by atoms with E-state index in [0.29, 0.717) is 6.04 Å². The maximum Gasteiger partial charge on any atom is 0.133 e. The van der Waals surface area contributed by atoms with E-state index in [1.54, 1.807) is 0 Å². The summed E-state index contributed by atoms with van der Waals surface area (Å²) in [6.45, 7) is 0. The highest BCUT2D eigenvalue weighted by Crippen LogP contribution is 2.10. The van der Waals surface area contributed by atoms with Crippen LogP contribution in [0.1, 0.15) is 0 Å². The summed E-state index contributed by atoms with van der Waals surface area (Å²) in [4.78, 5) is 2.04. The van der Waals surface area contributed by atoms with Gasteiger partial charge in [0.2, 0.25) is 0 Å². The summed E-state index contributed by atoms with van der Waals surface area (Å²) >= 11 is 2.47. The molecular weight excluding hydrogens is 226 g/mol. The zero-order chi connectivity index (χ0) is 9.40. The zero-order valence-corrected chi connectivity index (χ0v) is 10.0. The maximum absolute atomic E-state index is 8.34. The van der Waals surface area contributed by atoms with Crippen molar-refractivity contribution in [2.45, 2.75) is 6.04 Å². The van der Waals surface area contributed by atoms with Gasteiger partial charge < -0.3 is 4.90 Å². The Labute approximate surface area is 93.9 Å². The lowest BCUT2D eigenvalue weighted by Gasteiger charge is -2.20. The molecule has 0 saturated carbocycles. The third-order valence-electron chi connectivity index (χ3n) is 1.41. The molecule has 0 saturated heterocycles. The molecule has 0 aromatic heterocycles. The van der Waals surface area contributed by atoms with E-state index < -0.39 is 0 Å². The van der Waals surface area contributed by atoms with Crippen LogP contribution in [-0.2, 0) is 0 Å². The highest BCUT2D eigenvalue weighted by atomic mass is 35.5. The van der Waals surface area contributed by atoms with Crippen LogP contribution >= 0.6 is 35.9 Å². The van der Waals surface area contributed by atoms with Crippen molar-refractivity contribution in [2.24, 2.45) is 0 Å². The predicted molar refractivity (Wildman–Crippen MR) is 60.9 cm³/mol. The molecule has 0 atom stereocenters. The van der Waals surface area contributed by atoms with Crippen LogP contribution in [0.5, 0.6) is 0 Å². The summed E-state index contributed by atoms with van der Waals surface area (Å²) in [6.07, 6.45) is 0. The summed E-state index contributed by atoms with van der Waals surface area (Å²) in [5, 5.41) is 20.7. The lowest BCUT2D eigenvalue weighted by atomic mass is 10.4. The summed E-state index contributed by atoms with van der Waals surface area (Å²) in [7, 11) is 3.92. The van der Waals surface area contributed by atoms with E-state index in [0.717, 1.165) is 11.5 Å². The fourth-order valence-corrected chi connectivity index (χ4v) is 2.13. The van der Waals surface area contributed by atoms with E-state index in [2.05, 4.69) is 0 Å². The molecule has 0 aliphatic heterocycles. The zero-order valence-electron chi connectivity index (χ0n) is 7.56. The first-order valence-corrected chi connectivity index (χ1v) is 5.37. The fourth-order valence-electron chi connectivity index (χ4n) is 0.613. The van der Waals surface area contributed by atoms with Gasteiger partial charge in [0.15, 0.2) is 0 Å². The number of nitrogens with zero attached hydrogens (tertiary/aromatic N) is 3. The van der Waals surface area contributed by atoms with Gasteiger partial charge in [-0.15, -0.1) is 12.4 Å². The van der Waals surface area contributed by atoms with E-state index in [1.807, 2.05) is 29.8 Å². The van der Waals surface area contributed by atoms with Gasteiger partial charge in [-0.3, -0.25) is 0 Å². The molecule has 0 radical (unpaired) electrons. The van der Waals surface area contributed by atoms with Crippen LogP contribution < -0.4 is 0 Å². The average molecular weight is 238 g/mol. The van der Waals surface area contributed by atoms with Gasteiger partial charge >= 0.3 is 0 Å². The monoisotopic (exact) mass is 237 g/mol. The third-order valence-corrected chi connectivity index (χ3v) is 2.77. The molecule has 0 aromatic rings. The van der Waals surface area contributed by atoms with Crippen LogP contribution in [-0.4, -0.2) is 36.5 Å². The van der Waals surface area contributed by atoms with Crippen molar-refractivity contribution < 1.29 is 0 Å². The van der Waals surface area contributed by atoms with Crippen molar-refractivity contribution in [1.82, 2.24) is 4.90 Å². The highest BCUT2D eigenvalue weighted by Gasteiger charge is 2.10. The molecule has 13 heavy (non-hydrogen) atoms. The second kappa shape index (κ2) is 10.0. The molecule has 0 aliphatic rings. The number of hydrogen-bond donors (Lipinski definition) is 0. The number of rotatable bonds is 5. The van der Waals surface area contributed by atoms with Crippen molar-refractivity contribution >= 4 is 35.9 Å². The Morgan fingerprint density at radius 1 is 1.15 bits per heavy atom. The lowest BCUT2D eigenvalue weighted by Crippen LogP contribution is -2.32. The first-order valence-electron chi connectivity index (χ1n) is 3.40. The fraction of sp³-hybridized carbons (Fsp3) is 0.714. The van der Waals surface area contributed by atoms with Crippen LogP contribution in [0.25, 0.3) is 0 Å². The second-order valence-electron chi connectivity index (χ2n) is 2.42. The van der Waals surface area contributed by atoms with Gasteiger partial charge in [-0.25, -0.2) is 0 Å². The van der Waals surface area contributed by atoms with Gasteiger partial charge in [0.05, 0.1) is 0 Å². The topological polar surface area (TPSA) is 50.8 Å². The summed E-state index contributed by atoms with van der Waals surface area (Å²) in [5.74, 6) is 1.52. The molecule has 0 heterocycles. The quantitative estimate of drug-likeness (QED) is 0.683. The smallest absolute Gasteiger partial charge is 0.133 e. The largest absolute Gasteiger partial charge is 0.305 e. The second-order valence-corrected chi connectivity index (χ2v) is 4.03. The number of nitriles is 2. The van der Waals surface area contributed by atoms with Gasteiger partial charge in [-0.05, 0) is 37.6 Å². The minimum Gasteiger partial charge on any atom is -0.305 e. The Balaban J connectivity index is 0. The van der Waals surface area contributed by atoms with Gasteiger partial charge in [0.25, 0.3) is 0 Å². The van der Waals surface area contributed by atoms with Gasteiger partial charge in [0, 0.05) is 17.5 Å². The molecule has 0 amide bonds. The van der Waals surface area contributed by atoms with E-state index in [-0.39, 0.29) is 12.4 Å². The number of thiocyanates is 2. The lowest BCUT2D eigenvalue weighted by molar-refractivity contribution is 0.345. The Kier molecular flexibility index (Phi) is 11.9. The molecule has 0 aromatic carbocycles. The molecule has 0 unspecified atom stereocenters. The SMILES string of the molecule is CN(C)C(CSC#N)CSC#N.Cl. The molecule has 0 N–H and O–H groups in total. The standard InChI is InChI=1S/C7H11N3S2.ClH/c1-10(2)7(3-11-5-8)4-12-6-9;/h7H,3-4H2,1-2H3;1H. The molecular formula is C7H12ClN3S2. The predicted octanol–water partition coefficient (Wildman–Crippen LogP) is 1.77. The Morgan fingerprint density at radius 2 is 1.54 bits per heavy atom. The maximum atomic E-state index is 8.34. The Morgan fingerprint density at radius 3 is 1.77 bits per heavy atom. The minimum atomic E-state index is 0. The Hall–Kier alpha value is -0.0700. The first kappa shape index (κ1) is 15.4. The van der Waals surface area contributed by atoms with Crippen molar-refractivity contribution in [3.8, 4) is 10.8 Å². The van der Waals surface area contributed by atoms with Crippen molar-refractivity contribution in [2.75, 3.05) is 25.6 Å². The number of hydrogen-bond acceptors (Lipinski definition) is 5. The van der Waals surface area contributed by atoms with Crippen molar-refractivity contribution in [3.63, 3.8) is 0 Å². The van der Waals surface area contributed by atoms with E-state index >= 15 is 0 Å². The summed E-state index contributed by atoms with van der Waals surface area (Å²) < 4.78 is 0. The minimum absolute atomic E-state index is 0. The van der Waals surface area contributed by atoms with Gasteiger partial charge in [-0.1, -0.05) is 0 Å². The van der Waals surface area contributed by atoms with Crippen molar-refractivity contribution in [1.29, 1.82) is 10.5 Å². The van der Waals surface area contributed by atoms with Crippen LogP contribution in [0.2, 0.25) is 0 Å². The van der Waals surface area contributed by atoms with E-state index in [4.69, 9.17) is 10.5 Å². The summed E-state index contributed by atoms with van der Waals surface area (Å²) in [5.41, 5.74) is 0. The number of thioether (sulfide) groups is 2. The number of halogens is 1.